The van der Waals surface area contributed by atoms with Crippen molar-refractivity contribution in [3.05, 3.63) is 36.2 Å². The fourth-order valence-corrected chi connectivity index (χ4v) is 2.89. The summed E-state index contributed by atoms with van der Waals surface area (Å²) in [7, 11) is 0. The fraction of sp³-hybridized carbons (Fsp3) is 0.182. The molecule has 0 spiro atoms. The summed E-state index contributed by atoms with van der Waals surface area (Å²) in [6.45, 7) is 2.09. The zero-order chi connectivity index (χ0) is 11.7. The molecule has 1 atom stereocenters. The molecule has 0 aliphatic carbocycles. The first-order valence-corrected chi connectivity index (χ1v) is 6.85. The van der Waals surface area contributed by atoms with Gasteiger partial charge in [0.2, 0.25) is 0 Å². The molecule has 0 radical (unpaired) electrons. The molecule has 1 aromatic heterocycles. The Morgan fingerprint density at radius 2 is 2.24 bits per heavy atom. The van der Waals surface area contributed by atoms with Crippen LogP contribution in [0.1, 0.15) is 18.7 Å². The third kappa shape index (κ3) is 1.97. The Labute approximate surface area is 104 Å². The number of fused-ring (bicyclic) bond motifs is 1. The number of aromatic amines is 1. The van der Waals surface area contributed by atoms with Gasteiger partial charge in [0.25, 0.3) is 0 Å². The first kappa shape index (κ1) is 10.5. The quantitative estimate of drug-likeness (QED) is 0.729. The van der Waals surface area contributed by atoms with Gasteiger partial charge in [-0.3, -0.25) is 0 Å². The van der Waals surface area contributed by atoms with Crippen molar-refractivity contribution in [3.8, 4) is 0 Å². The average Bonchev–Trinajstić information content (AvgIpc) is 3.00. The van der Waals surface area contributed by atoms with Gasteiger partial charge in [-0.25, -0.2) is 0 Å². The molecule has 6 heteroatoms. The first-order chi connectivity index (χ1) is 8.34. The summed E-state index contributed by atoms with van der Waals surface area (Å²) in [6.07, 6.45) is 1.76. The van der Waals surface area contributed by atoms with Crippen LogP contribution in [0.3, 0.4) is 0 Å². The van der Waals surface area contributed by atoms with Gasteiger partial charge in [0.15, 0.2) is 0 Å². The predicted molar refractivity (Wildman–Crippen MR) is 67.0 cm³/mol. The second-order valence-electron chi connectivity index (χ2n) is 3.82. The van der Waals surface area contributed by atoms with Gasteiger partial charge in [-0.05, 0) is 0 Å². The van der Waals surface area contributed by atoms with Crippen molar-refractivity contribution in [2.45, 2.75) is 13.0 Å². The van der Waals surface area contributed by atoms with E-state index in [1.54, 1.807) is 6.20 Å². The van der Waals surface area contributed by atoms with Crippen LogP contribution in [0.2, 0.25) is 0 Å². The Bertz CT molecular complexity index is 598. The van der Waals surface area contributed by atoms with Gasteiger partial charge in [0.1, 0.15) is 0 Å². The normalized spacial score (nSPS) is 14.2. The Hall–Kier alpha value is -1.65. The Kier molecular flexibility index (Phi) is 2.66. The van der Waals surface area contributed by atoms with Crippen LogP contribution in [0.25, 0.3) is 0 Å². The monoisotopic (exact) mass is 293 g/mol. The molecule has 2 aromatic rings. The molecule has 86 valence electrons. The molecule has 1 aliphatic rings. The van der Waals surface area contributed by atoms with Crippen molar-refractivity contribution in [2.75, 3.05) is 5.32 Å². The molecule has 0 saturated heterocycles. The van der Waals surface area contributed by atoms with E-state index in [0.717, 1.165) is 22.8 Å². The summed E-state index contributed by atoms with van der Waals surface area (Å²) >= 11 is 0.0113. The molecular weight excluding hydrogens is 281 g/mol. The Morgan fingerprint density at radius 1 is 1.29 bits per heavy atom. The first-order valence-electron chi connectivity index (χ1n) is 5.31. The van der Waals surface area contributed by atoms with Crippen LogP contribution in [-0.2, 0) is 0 Å². The number of anilines is 1. The number of H-pyrrole nitrogens is 1. The second kappa shape index (κ2) is 4.31. The summed E-state index contributed by atoms with van der Waals surface area (Å²) in [5, 5.41) is 10.3. The molecular formula is C11H11N5Se. The molecule has 0 amide bonds. The standard InChI is InChI=1S/C11H11N5Se/c1-7(8-5-6-12-14-8)13-9-3-2-4-10-11(9)16-17-15-10/h2-7,13H,1H3,(H,12,14). The minimum atomic E-state index is 0.0113. The summed E-state index contributed by atoms with van der Waals surface area (Å²) in [5.74, 6) is 0. The number of nitrogens with zero attached hydrogens (tertiary/aromatic N) is 3. The van der Waals surface area contributed by atoms with Crippen LogP contribution in [0, 0.1) is 0 Å². The van der Waals surface area contributed by atoms with E-state index in [4.69, 9.17) is 0 Å². The molecule has 1 aliphatic heterocycles. The van der Waals surface area contributed by atoms with Crippen molar-refractivity contribution < 1.29 is 0 Å². The molecule has 2 heterocycles. The molecule has 5 nitrogen and oxygen atoms in total. The Balaban J connectivity index is 1.87. The van der Waals surface area contributed by atoms with Crippen molar-refractivity contribution in [2.24, 2.45) is 7.92 Å². The van der Waals surface area contributed by atoms with Gasteiger partial charge in [-0.1, -0.05) is 0 Å². The molecule has 3 rings (SSSR count). The average molecular weight is 292 g/mol. The molecule has 0 bridgehead atoms. The van der Waals surface area contributed by atoms with Gasteiger partial charge < -0.3 is 0 Å². The van der Waals surface area contributed by atoms with Gasteiger partial charge in [0.05, 0.1) is 0 Å². The summed E-state index contributed by atoms with van der Waals surface area (Å²) in [6, 6.07) is 8.17. The summed E-state index contributed by atoms with van der Waals surface area (Å²) in [4.78, 5) is 0. The van der Waals surface area contributed by atoms with Gasteiger partial charge >= 0.3 is 104 Å². The second-order valence-corrected chi connectivity index (χ2v) is 4.92. The van der Waals surface area contributed by atoms with E-state index in [1.807, 2.05) is 24.3 Å². The van der Waals surface area contributed by atoms with E-state index in [1.165, 1.54) is 0 Å². The van der Waals surface area contributed by atoms with E-state index < -0.39 is 0 Å². The van der Waals surface area contributed by atoms with Crippen LogP contribution < -0.4 is 5.32 Å². The molecule has 1 aromatic carbocycles. The summed E-state index contributed by atoms with van der Waals surface area (Å²) in [5.41, 5.74) is 4.07. The molecule has 1 unspecified atom stereocenters. The molecule has 17 heavy (non-hydrogen) atoms. The van der Waals surface area contributed by atoms with E-state index in [9.17, 15) is 0 Å². The number of hydrogen-bond donors (Lipinski definition) is 2. The molecule has 0 fully saturated rings. The van der Waals surface area contributed by atoms with Gasteiger partial charge in [-0.15, -0.1) is 0 Å². The summed E-state index contributed by atoms with van der Waals surface area (Å²) < 4.78 is 8.81. The zero-order valence-electron chi connectivity index (χ0n) is 9.21. The van der Waals surface area contributed by atoms with Gasteiger partial charge in [-0.2, -0.15) is 0 Å². The van der Waals surface area contributed by atoms with E-state index in [2.05, 4.69) is 30.4 Å². The van der Waals surface area contributed by atoms with Crippen LogP contribution in [0.15, 0.2) is 38.4 Å². The van der Waals surface area contributed by atoms with E-state index >= 15 is 0 Å². The number of benzene rings is 1. The number of hydrogen-bond acceptors (Lipinski definition) is 4. The maximum atomic E-state index is 4.44. The maximum absolute atomic E-state index is 4.44. The molecule has 2 N–H and O–H groups in total. The number of aromatic nitrogens is 2. The third-order valence-corrected chi connectivity index (χ3v) is 3.79. The minimum absolute atomic E-state index is 0.0113. The van der Waals surface area contributed by atoms with Crippen LogP contribution in [0.5, 0.6) is 0 Å². The van der Waals surface area contributed by atoms with Crippen LogP contribution in [0.4, 0.5) is 17.1 Å². The predicted octanol–water partition coefficient (Wildman–Crippen LogP) is 2.93. The SMILES string of the molecule is CC(Nc1cccc2c1N=[Se]=N2)c1ccn[nH]1. The van der Waals surface area contributed by atoms with Gasteiger partial charge in [0, 0.05) is 0 Å². The number of nitrogens with one attached hydrogen (secondary N) is 2. The number of rotatable bonds is 3. The fourth-order valence-electron chi connectivity index (χ4n) is 1.74. The van der Waals surface area contributed by atoms with Crippen molar-refractivity contribution in [1.82, 2.24) is 10.2 Å². The third-order valence-electron chi connectivity index (χ3n) is 2.65. The topological polar surface area (TPSA) is 65.4 Å². The molecule has 0 saturated carbocycles. The van der Waals surface area contributed by atoms with Crippen molar-refractivity contribution >= 4 is 31.6 Å². The van der Waals surface area contributed by atoms with Crippen molar-refractivity contribution in [3.63, 3.8) is 0 Å². The Morgan fingerprint density at radius 3 is 3.06 bits per heavy atom. The van der Waals surface area contributed by atoms with Crippen molar-refractivity contribution in [1.29, 1.82) is 0 Å². The zero-order valence-corrected chi connectivity index (χ0v) is 10.9. The van der Waals surface area contributed by atoms with E-state index in [0.29, 0.717) is 0 Å². The van der Waals surface area contributed by atoms with Crippen LogP contribution in [-0.4, -0.2) is 24.8 Å². The van der Waals surface area contributed by atoms with E-state index in [-0.39, 0.29) is 20.6 Å². The van der Waals surface area contributed by atoms with Crippen LogP contribution >= 0.6 is 0 Å².